The van der Waals surface area contributed by atoms with E-state index >= 15 is 0 Å². The van der Waals surface area contributed by atoms with Crippen LogP contribution in [0.25, 0.3) is 0 Å². The van der Waals surface area contributed by atoms with Gasteiger partial charge in [-0.2, -0.15) is 0 Å². The van der Waals surface area contributed by atoms with Gasteiger partial charge in [0.2, 0.25) is 5.91 Å². The number of thiazole rings is 1. The molecule has 0 fully saturated rings. The minimum absolute atomic E-state index is 0.0713. The van der Waals surface area contributed by atoms with Crippen LogP contribution in [0.15, 0.2) is 35.8 Å². The Morgan fingerprint density at radius 1 is 1.32 bits per heavy atom. The number of benzene rings is 1. The van der Waals surface area contributed by atoms with Crippen molar-refractivity contribution < 1.29 is 13.2 Å². The van der Waals surface area contributed by atoms with Crippen LogP contribution in [0.2, 0.25) is 5.02 Å². The summed E-state index contributed by atoms with van der Waals surface area (Å²) in [7, 11) is -3.33. The van der Waals surface area contributed by atoms with Gasteiger partial charge in [-0.3, -0.25) is 4.79 Å². The molecule has 0 aliphatic heterocycles. The Morgan fingerprint density at radius 3 is 2.77 bits per heavy atom. The molecule has 118 valence electrons. The standard InChI is InChI=1S/C14H15ClN2O3S2/c15-12-4-2-1-3-11(12)9-17-13(18)5-8-22(19,20)10-14-16-6-7-21-14/h1-4,6-7H,5,8-10H2,(H,17,18). The second kappa shape index (κ2) is 7.71. The Bertz CT molecular complexity index is 730. The largest absolute Gasteiger partial charge is 0.352 e. The topological polar surface area (TPSA) is 76.1 Å². The summed E-state index contributed by atoms with van der Waals surface area (Å²) in [5, 5.41) is 5.50. The molecule has 0 saturated carbocycles. The number of rotatable bonds is 7. The van der Waals surface area contributed by atoms with E-state index in [9.17, 15) is 13.2 Å². The molecule has 0 bridgehead atoms. The highest BCUT2D eigenvalue weighted by atomic mass is 35.5. The van der Waals surface area contributed by atoms with Crippen molar-refractivity contribution in [3.63, 3.8) is 0 Å². The minimum Gasteiger partial charge on any atom is -0.352 e. The van der Waals surface area contributed by atoms with Crippen LogP contribution < -0.4 is 5.32 Å². The molecule has 0 spiro atoms. The summed E-state index contributed by atoms with van der Waals surface area (Å²) < 4.78 is 23.8. The first kappa shape index (κ1) is 16.9. The molecule has 0 radical (unpaired) electrons. The van der Waals surface area contributed by atoms with Crippen LogP contribution in [-0.2, 0) is 26.9 Å². The second-order valence-corrected chi connectivity index (χ2v) is 8.21. The van der Waals surface area contributed by atoms with E-state index in [1.54, 1.807) is 23.7 Å². The quantitative estimate of drug-likeness (QED) is 0.824. The highest BCUT2D eigenvalue weighted by molar-refractivity contribution is 7.90. The van der Waals surface area contributed by atoms with E-state index in [1.807, 2.05) is 12.1 Å². The molecule has 0 aliphatic carbocycles. The van der Waals surface area contributed by atoms with E-state index in [4.69, 9.17) is 11.6 Å². The summed E-state index contributed by atoms with van der Waals surface area (Å²) in [6, 6.07) is 7.17. The van der Waals surface area contributed by atoms with Crippen molar-refractivity contribution >= 4 is 38.7 Å². The van der Waals surface area contributed by atoms with Gasteiger partial charge in [-0.15, -0.1) is 11.3 Å². The van der Waals surface area contributed by atoms with Gasteiger partial charge in [0, 0.05) is 29.6 Å². The van der Waals surface area contributed by atoms with Crippen molar-refractivity contribution in [2.24, 2.45) is 0 Å². The van der Waals surface area contributed by atoms with Crippen molar-refractivity contribution in [2.75, 3.05) is 5.75 Å². The van der Waals surface area contributed by atoms with Crippen molar-refractivity contribution in [3.8, 4) is 0 Å². The molecule has 0 atom stereocenters. The van der Waals surface area contributed by atoms with E-state index in [0.29, 0.717) is 10.0 Å². The number of nitrogens with one attached hydrogen (secondary N) is 1. The fourth-order valence-electron chi connectivity index (χ4n) is 1.76. The molecule has 2 rings (SSSR count). The molecule has 22 heavy (non-hydrogen) atoms. The summed E-state index contributed by atoms with van der Waals surface area (Å²) in [4.78, 5) is 15.7. The fraction of sp³-hybridized carbons (Fsp3) is 0.286. The maximum absolute atomic E-state index is 11.9. The Morgan fingerprint density at radius 2 is 2.09 bits per heavy atom. The molecule has 0 aliphatic rings. The molecular weight excluding hydrogens is 344 g/mol. The van der Waals surface area contributed by atoms with Gasteiger partial charge in [-0.25, -0.2) is 13.4 Å². The van der Waals surface area contributed by atoms with Crippen molar-refractivity contribution in [3.05, 3.63) is 51.4 Å². The highest BCUT2D eigenvalue weighted by Crippen LogP contribution is 2.14. The van der Waals surface area contributed by atoms with Crippen LogP contribution in [0, 0.1) is 0 Å². The number of carbonyl (C=O) groups excluding carboxylic acids is 1. The third-order valence-corrected chi connectivity index (χ3v) is 5.77. The average molecular weight is 359 g/mol. The lowest BCUT2D eigenvalue weighted by atomic mass is 10.2. The number of halogens is 1. The van der Waals surface area contributed by atoms with Crippen LogP contribution in [0.4, 0.5) is 0 Å². The number of hydrogen-bond acceptors (Lipinski definition) is 5. The van der Waals surface area contributed by atoms with Crippen molar-refractivity contribution in [2.45, 2.75) is 18.7 Å². The minimum atomic E-state index is -3.33. The lowest BCUT2D eigenvalue weighted by Gasteiger charge is -2.07. The molecule has 1 amide bonds. The van der Waals surface area contributed by atoms with Crippen LogP contribution in [0.1, 0.15) is 17.0 Å². The summed E-state index contributed by atoms with van der Waals surface area (Å²) in [6.45, 7) is 0.283. The molecule has 8 heteroatoms. The number of carbonyl (C=O) groups is 1. The molecule has 5 nitrogen and oxygen atoms in total. The molecule has 0 saturated heterocycles. The summed E-state index contributed by atoms with van der Waals surface area (Å²) in [5.41, 5.74) is 0.795. The predicted octanol–water partition coefficient (Wildman–Crippen LogP) is 2.42. The van der Waals surface area contributed by atoms with Gasteiger partial charge >= 0.3 is 0 Å². The fourth-order valence-corrected chi connectivity index (χ4v) is 4.26. The van der Waals surface area contributed by atoms with Crippen LogP contribution in [0.3, 0.4) is 0 Å². The lowest BCUT2D eigenvalue weighted by Crippen LogP contribution is -2.25. The van der Waals surface area contributed by atoms with Crippen molar-refractivity contribution in [1.29, 1.82) is 0 Å². The normalized spacial score (nSPS) is 11.3. The first-order chi connectivity index (χ1) is 10.5. The zero-order valence-electron chi connectivity index (χ0n) is 11.7. The summed E-state index contributed by atoms with van der Waals surface area (Å²) in [6.07, 6.45) is 1.49. The molecule has 1 N–H and O–H groups in total. The molecule has 0 unspecified atom stereocenters. The maximum atomic E-state index is 11.9. The molecule has 1 aromatic heterocycles. The zero-order valence-corrected chi connectivity index (χ0v) is 14.0. The molecule has 2 aromatic rings. The van der Waals surface area contributed by atoms with Gasteiger partial charge in [-0.1, -0.05) is 29.8 Å². The number of amides is 1. The van der Waals surface area contributed by atoms with E-state index in [2.05, 4.69) is 10.3 Å². The first-order valence-corrected chi connectivity index (χ1v) is 9.63. The molecule has 1 heterocycles. The number of nitrogens with zero attached hydrogens (tertiary/aromatic N) is 1. The number of aromatic nitrogens is 1. The van der Waals surface area contributed by atoms with Gasteiger partial charge in [0.25, 0.3) is 0 Å². The van der Waals surface area contributed by atoms with Gasteiger partial charge < -0.3 is 5.32 Å². The Hall–Kier alpha value is -1.44. The van der Waals surface area contributed by atoms with E-state index in [-0.39, 0.29) is 30.4 Å². The van der Waals surface area contributed by atoms with Gasteiger partial charge in [0.1, 0.15) is 10.8 Å². The number of sulfone groups is 1. The van der Waals surface area contributed by atoms with Crippen LogP contribution in [0.5, 0.6) is 0 Å². The van der Waals surface area contributed by atoms with Gasteiger partial charge in [0.05, 0.1) is 5.75 Å². The van der Waals surface area contributed by atoms with Crippen molar-refractivity contribution in [1.82, 2.24) is 10.3 Å². The third kappa shape index (κ3) is 5.40. The second-order valence-electron chi connectivity index (χ2n) is 4.64. The third-order valence-electron chi connectivity index (χ3n) is 2.90. The maximum Gasteiger partial charge on any atom is 0.221 e. The van der Waals surface area contributed by atoms with Crippen LogP contribution in [-0.4, -0.2) is 25.1 Å². The summed E-state index contributed by atoms with van der Waals surface area (Å²) >= 11 is 7.27. The molecular formula is C14H15ClN2O3S2. The lowest BCUT2D eigenvalue weighted by molar-refractivity contribution is -0.120. The Balaban J connectivity index is 1.79. The Labute approximate surface area is 138 Å². The monoisotopic (exact) mass is 358 g/mol. The van der Waals surface area contributed by atoms with E-state index in [1.165, 1.54) is 11.3 Å². The first-order valence-electron chi connectivity index (χ1n) is 6.55. The molecule has 1 aromatic carbocycles. The highest BCUT2D eigenvalue weighted by Gasteiger charge is 2.16. The smallest absolute Gasteiger partial charge is 0.221 e. The van der Waals surface area contributed by atoms with Gasteiger partial charge in [0.15, 0.2) is 9.84 Å². The average Bonchev–Trinajstić information content (AvgIpc) is 2.96. The number of hydrogen-bond donors (Lipinski definition) is 1. The SMILES string of the molecule is O=C(CCS(=O)(=O)Cc1nccs1)NCc1ccccc1Cl. The van der Waals surface area contributed by atoms with E-state index < -0.39 is 9.84 Å². The van der Waals surface area contributed by atoms with Gasteiger partial charge in [-0.05, 0) is 11.6 Å². The summed E-state index contributed by atoms with van der Waals surface area (Å²) in [5.74, 6) is -0.633. The van der Waals surface area contributed by atoms with E-state index in [0.717, 1.165) is 5.56 Å². The van der Waals surface area contributed by atoms with Crippen LogP contribution >= 0.6 is 22.9 Å². The Kier molecular flexibility index (Phi) is 5.93. The zero-order chi connectivity index (χ0) is 16.0. The predicted molar refractivity (Wildman–Crippen MR) is 87.5 cm³/mol.